The maximum Gasteiger partial charge on any atom is 0.417 e. The van der Waals surface area contributed by atoms with E-state index in [1.807, 2.05) is 13.8 Å². The smallest absolute Gasteiger partial charge is 0.379 e. The van der Waals surface area contributed by atoms with E-state index in [1.165, 1.54) is 16.9 Å². The van der Waals surface area contributed by atoms with E-state index in [1.54, 1.807) is 0 Å². The second-order valence-corrected chi connectivity index (χ2v) is 8.58. The molecule has 1 saturated heterocycles. The molecule has 2 aromatic rings. The second kappa shape index (κ2) is 9.99. The van der Waals surface area contributed by atoms with E-state index >= 15 is 0 Å². The number of hydrogen-bond acceptors (Lipinski definition) is 5. The fourth-order valence-corrected chi connectivity index (χ4v) is 3.94. The van der Waals surface area contributed by atoms with Crippen LogP contribution in [0.3, 0.4) is 0 Å². The van der Waals surface area contributed by atoms with Crippen LogP contribution in [0.25, 0.3) is 5.82 Å². The molecule has 0 unspecified atom stereocenters. The molecule has 0 aromatic carbocycles. The van der Waals surface area contributed by atoms with Gasteiger partial charge in [0.2, 0.25) is 0 Å². The van der Waals surface area contributed by atoms with Crippen molar-refractivity contribution in [3.63, 3.8) is 0 Å². The number of ether oxygens (including phenoxy) is 1. The van der Waals surface area contributed by atoms with Gasteiger partial charge in [0.15, 0.2) is 5.82 Å². The molecule has 32 heavy (non-hydrogen) atoms. The zero-order chi connectivity index (χ0) is 23.5. The van der Waals surface area contributed by atoms with E-state index in [9.17, 15) is 18.0 Å². The Kier molecular flexibility index (Phi) is 7.55. The van der Waals surface area contributed by atoms with E-state index in [2.05, 4.69) is 34.1 Å². The topological polar surface area (TPSA) is 72.3 Å². The minimum atomic E-state index is -4.46. The van der Waals surface area contributed by atoms with Gasteiger partial charge in [-0.25, -0.2) is 9.67 Å². The Hall–Kier alpha value is -2.46. The second-order valence-electron chi connectivity index (χ2n) is 8.58. The summed E-state index contributed by atoms with van der Waals surface area (Å²) in [5, 5.41) is 7.28. The van der Waals surface area contributed by atoms with Gasteiger partial charge in [0.25, 0.3) is 5.91 Å². The molecule has 3 rings (SSSR count). The number of aromatic nitrogens is 3. The Balaban J connectivity index is 1.79. The van der Waals surface area contributed by atoms with Crippen molar-refractivity contribution in [2.75, 3.05) is 32.8 Å². The van der Waals surface area contributed by atoms with Crippen LogP contribution in [0.15, 0.2) is 24.5 Å². The molecule has 1 aliphatic rings. The average molecular weight is 454 g/mol. The molecule has 2 aromatic heterocycles. The SMILES string of the molecule is CC(C)c1c(C(=O)NC[C@H](C(C)C)N2CCOCC2)cnn1-c1ccc(C(F)(F)F)cn1. The summed E-state index contributed by atoms with van der Waals surface area (Å²) < 4.78 is 45.4. The summed E-state index contributed by atoms with van der Waals surface area (Å²) >= 11 is 0. The van der Waals surface area contributed by atoms with Crippen molar-refractivity contribution in [3.05, 3.63) is 41.3 Å². The number of carbonyl (C=O) groups is 1. The Morgan fingerprint density at radius 3 is 2.38 bits per heavy atom. The zero-order valence-corrected chi connectivity index (χ0v) is 18.8. The van der Waals surface area contributed by atoms with Crippen LogP contribution >= 0.6 is 0 Å². The first kappa shape index (κ1) is 24.2. The molecule has 3 heterocycles. The molecule has 0 spiro atoms. The molecule has 0 aliphatic carbocycles. The van der Waals surface area contributed by atoms with E-state index < -0.39 is 11.7 Å². The van der Waals surface area contributed by atoms with E-state index in [0.717, 1.165) is 25.4 Å². The molecule has 1 fully saturated rings. The number of carbonyl (C=O) groups excluding carboxylic acids is 1. The lowest BCUT2D eigenvalue weighted by molar-refractivity contribution is -0.137. The summed E-state index contributed by atoms with van der Waals surface area (Å²) in [5.41, 5.74) is 0.161. The van der Waals surface area contributed by atoms with Gasteiger partial charge < -0.3 is 10.1 Å². The minimum absolute atomic E-state index is 0.0949. The molecule has 0 saturated carbocycles. The van der Waals surface area contributed by atoms with Gasteiger partial charge in [0.05, 0.1) is 36.2 Å². The third-order valence-corrected chi connectivity index (χ3v) is 5.65. The highest BCUT2D eigenvalue weighted by atomic mass is 19.4. The fourth-order valence-electron chi connectivity index (χ4n) is 3.94. The van der Waals surface area contributed by atoms with Gasteiger partial charge in [-0.2, -0.15) is 18.3 Å². The normalized spacial score (nSPS) is 16.5. The molecule has 1 atom stereocenters. The van der Waals surface area contributed by atoms with Crippen LogP contribution in [-0.2, 0) is 10.9 Å². The van der Waals surface area contributed by atoms with Gasteiger partial charge in [-0.3, -0.25) is 9.69 Å². The van der Waals surface area contributed by atoms with Crippen LogP contribution in [0.2, 0.25) is 0 Å². The predicted molar refractivity (Wildman–Crippen MR) is 114 cm³/mol. The van der Waals surface area contributed by atoms with Crippen molar-refractivity contribution in [2.45, 2.75) is 45.8 Å². The lowest BCUT2D eigenvalue weighted by atomic mass is 10.0. The number of halogens is 3. The minimum Gasteiger partial charge on any atom is -0.379 e. The van der Waals surface area contributed by atoms with Crippen molar-refractivity contribution in [3.8, 4) is 5.82 Å². The molecule has 0 bridgehead atoms. The Bertz CT molecular complexity index is 903. The maximum absolute atomic E-state index is 13.0. The van der Waals surface area contributed by atoms with Crippen molar-refractivity contribution in [1.29, 1.82) is 0 Å². The van der Waals surface area contributed by atoms with Gasteiger partial charge >= 0.3 is 6.18 Å². The Morgan fingerprint density at radius 2 is 1.84 bits per heavy atom. The fraction of sp³-hybridized carbons (Fsp3) is 0.591. The first-order valence-electron chi connectivity index (χ1n) is 10.8. The van der Waals surface area contributed by atoms with Crippen molar-refractivity contribution in [1.82, 2.24) is 25.0 Å². The Labute approximate surface area is 186 Å². The van der Waals surface area contributed by atoms with E-state index in [-0.39, 0.29) is 23.7 Å². The number of morpholine rings is 1. The third-order valence-electron chi connectivity index (χ3n) is 5.65. The predicted octanol–water partition coefficient (Wildman–Crippen LogP) is 3.50. The molecule has 10 heteroatoms. The van der Waals surface area contributed by atoms with E-state index in [4.69, 9.17) is 4.74 Å². The third kappa shape index (κ3) is 5.47. The summed E-state index contributed by atoms with van der Waals surface area (Å²) in [6, 6.07) is 2.40. The number of amides is 1. The first-order valence-corrected chi connectivity index (χ1v) is 10.8. The summed E-state index contributed by atoms with van der Waals surface area (Å²) in [6.07, 6.45) is -2.24. The van der Waals surface area contributed by atoms with Crippen LogP contribution in [0, 0.1) is 5.92 Å². The monoisotopic (exact) mass is 453 g/mol. The first-order chi connectivity index (χ1) is 15.1. The highest BCUT2D eigenvalue weighted by molar-refractivity contribution is 5.95. The van der Waals surface area contributed by atoms with Crippen molar-refractivity contribution < 1.29 is 22.7 Å². The standard InChI is InChI=1S/C22H30F3N5O2/c1-14(2)18(29-7-9-32-10-8-29)13-27-21(31)17-12-28-30(20(17)15(3)4)19-6-5-16(11-26-19)22(23,24)25/h5-6,11-12,14-15,18H,7-10,13H2,1-4H3,(H,27,31)/t18-/m1/s1. The van der Waals surface area contributed by atoms with Gasteiger partial charge in [0.1, 0.15) is 0 Å². The summed E-state index contributed by atoms with van der Waals surface area (Å²) in [7, 11) is 0. The van der Waals surface area contributed by atoms with Crippen LogP contribution in [0.1, 0.15) is 55.2 Å². The molecule has 1 N–H and O–H groups in total. The van der Waals surface area contributed by atoms with Crippen LogP contribution in [0.4, 0.5) is 13.2 Å². The van der Waals surface area contributed by atoms with Crippen molar-refractivity contribution >= 4 is 5.91 Å². The quantitative estimate of drug-likeness (QED) is 0.695. The molecule has 1 aliphatic heterocycles. The van der Waals surface area contributed by atoms with Crippen LogP contribution in [-0.4, -0.2) is 64.5 Å². The van der Waals surface area contributed by atoms with Crippen molar-refractivity contribution in [2.24, 2.45) is 5.92 Å². The summed E-state index contributed by atoms with van der Waals surface area (Å²) in [6.45, 7) is 11.6. The van der Waals surface area contributed by atoms with Gasteiger partial charge in [-0.1, -0.05) is 27.7 Å². The molecule has 7 nitrogen and oxygen atoms in total. The molecule has 176 valence electrons. The van der Waals surface area contributed by atoms with Crippen LogP contribution < -0.4 is 5.32 Å². The van der Waals surface area contributed by atoms with Gasteiger partial charge in [-0.05, 0) is 24.0 Å². The maximum atomic E-state index is 13.0. The van der Waals surface area contributed by atoms with Gasteiger partial charge in [0, 0.05) is 31.9 Å². The largest absolute Gasteiger partial charge is 0.417 e. The lowest BCUT2D eigenvalue weighted by Gasteiger charge is -2.36. The summed E-state index contributed by atoms with van der Waals surface area (Å²) in [5.74, 6) is 0.222. The number of alkyl halides is 3. The molecular weight excluding hydrogens is 423 g/mol. The summed E-state index contributed by atoms with van der Waals surface area (Å²) in [4.78, 5) is 19.3. The molecular formula is C22H30F3N5O2. The molecule has 1 amide bonds. The average Bonchev–Trinajstić information content (AvgIpc) is 3.19. The van der Waals surface area contributed by atoms with Crippen LogP contribution in [0.5, 0.6) is 0 Å². The number of nitrogens with zero attached hydrogens (tertiary/aromatic N) is 4. The number of rotatable bonds is 7. The highest BCUT2D eigenvalue weighted by Gasteiger charge is 2.31. The number of pyridine rings is 1. The lowest BCUT2D eigenvalue weighted by Crippen LogP contribution is -2.51. The molecule has 0 radical (unpaired) electrons. The number of hydrogen-bond donors (Lipinski definition) is 1. The highest BCUT2D eigenvalue weighted by Crippen LogP contribution is 2.29. The van der Waals surface area contributed by atoms with Gasteiger partial charge in [-0.15, -0.1) is 0 Å². The van der Waals surface area contributed by atoms with E-state index in [0.29, 0.717) is 36.9 Å². The number of nitrogens with one attached hydrogen (secondary N) is 1. The zero-order valence-electron chi connectivity index (χ0n) is 18.8. The Morgan fingerprint density at radius 1 is 1.16 bits per heavy atom.